The normalized spacial score (nSPS) is 10.7. The maximum absolute atomic E-state index is 11.6. The molecule has 0 unspecified atom stereocenters. The smallest absolute Gasteiger partial charge is 0.257 e. The first-order valence-electron chi connectivity index (χ1n) is 9.27. The molecular weight excluding hydrogens is 503 g/mol. The van der Waals surface area contributed by atoms with E-state index in [0.29, 0.717) is 24.6 Å². The summed E-state index contributed by atoms with van der Waals surface area (Å²) in [5.41, 5.74) is 0.982. The fourth-order valence-corrected chi connectivity index (χ4v) is 3.06. The third-order valence-corrected chi connectivity index (χ3v) is 4.61. The fraction of sp³-hybridized carbons (Fsp3) is 0.400. The molecule has 1 amide bonds. The number of nitrogens with zero attached hydrogens (tertiary/aromatic N) is 1. The lowest BCUT2D eigenvalue weighted by Crippen LogP contribution is -2.36. The van der Waals surface area contributed by atoms with Crippen LogP contribution in [0.5, 0.6) is 11.5 Å². The van der Waals surface area contributed by atoms with Gasteiger partial charge in [-0.05, 0) is 43.0 Å². The molecule has 2 aromatic rings. The average molecular weight is 532 g/mol. The van der Waals surface area contributed by atoms with Crippen LogP contribution in [0.2, 0.25) is 0 Å². The first-order chi connectivity index (χ1) is 13.7. The van der Waals surface area contributed by atoms with Gasteiger partial charge in [0.15, 0.2) is 24.1 Å². The molecule has 7 nitrogen and oxygen atoms in total. The highest BCUT2D eigenvalue weighted by Gasteiger charge is 2.08. The number of hydrogen-bond donors (Lipinski definition) is 3. The molecular formula is C20H29IN4O3S. The van der Waals surface area contributed by atoms with E-state index >= 15 is 0 Å². The summed E-state index contributed by atoms with van der Waals surface area (Å²) in [5.74, 6) is 1.70. The summed E-state index contributed by atoms with van der Waals surface area (Å²) in [7, 11) is 1.58. The molecule has 0 aliphatic heterocycles. The Kier molecular flexibility index (Phi) is 12.1. The van der Waals surface area contributed by atoms with Crippen molar-refractivity contribution in [3.8, 4) is 11.5 Å². The summed E-state index contributed by atoms with van der Waals surface area (Å²) in [6.45, 7) is 6.44. The third kappa shape index (κ3) is 8.90. The van der Waals surface area contributed by atoms with Crippen LogP contribution in [0.25, 0.3) is 0 Å². The Bertz CT molecular complexity index is 769. The molecule has 0 spiro atoms. The number of thiophene rings is 1. The van der Waals surface area contributed by atoms with Crippen molar-refractivity contribution in [3.05, 3.63) is 46.2 Å². The Labute approximate surface area is 193 Å². The van der Waals surface area contributed by atoms with Crippen molar-refractivity contribution >= 4 is 47.2 Å². The van der Waals surface area contributed by atoms with Gasteiger partial charge in [-0.2, -0.15) is 0 Å². The second-order valence-electron chi connectivity index (χ2n) is 5.86. The number of likely N-dealkylation sites (N-methyl/N-ethyl adjacent to an activating group) is 1. The molecule has 1 heterocycles. The van der Waals surface area contributed by atoms with E-state index in [-0.39, 0.29) is 36.5 Å². The SMILES string of the molecule is CCNC(=O)COc1ccc(CN=C(NCC)NCc2cccs2)cc1OC.I. The number of rotatable bonds is 10. The maximum Gasteiger partial charge on any atom is 0.257 e. The second kappa shape index (κ2) is 14.0. The Morgan fingerprint density at radius 1 is 1.10 bits per heavy atom. The minimum atomic E-state index is -0.162. The van der Waals surface area contributed by atoms with Gasteiger partial charge in [-0.25, -0.2) is 4.99 Å². The van der Waals surface area contributed by atoms with Crippen LogP contribution in [0.4, 0.5) is 0 Å². The van der Waals surface area contributed by atoms with Crippen LogP contribution in [0.3, 0.4) is 0 Å². The van der Waals surface area contributed by atoms with Crippen LogP contribution in [0, 0.1) is 0 Å². The zero-order valence-corrected chi connectivity index (χ0v) is 20.1. The van der Waals surface area contributed by atoms with Crippen LogP contribution in [0.15, 0.2) is 40.7 Å². The Balaban J connectivity index is 0.00000420. The number of hydrogen-bond acceptors (Lipinski definition) is 5. The van der Waals surface area contributed by atoms with Gasteiger partial charge in [0, 0.05) is 18.0 Å². The molecule has 0 saturated heterocycles. The number of carbonyl (C=O) groups excluding carboxylic acids is 1. The molecule has 0 atom stereocenters. The monoisotopic (exact) mass is 532 g/mol. The van der Waals surface area contributed by atoms with Crippen LogP contribution in [-0.4, -0.2) is 38.7 Å². The quantitative estimate of drug-likeness (QED) is 0.249. The minimum absolute atomic E-state index is 0. The number of methoxy groups -OCH3 is 1. The van der Waals surface area contributed by atoms with Crippen molar-refractivity contribution in [3.63, 3.8) is 0 Å². The van der Waals surface area contributed by atoms with E-state index in [2.05, 4.69) is 32.4 Å². The summed E-state index contributed by atoms with van der Waals surface area (Å²) in [4.78, 5) is 17.4. The van der Waals surface area contributed by atoms with Gasteiger partial charge in [-0.15, -0.1) is 35.3 Å². The molecule has 29 heavy (non-hydrogen) atoms. The standard InChI is InChI=1S/C20H28N4O3S.HI/c1-4-21-19(25)14-27-17-9-8-15(11-18(17)26-3)12-23-20(22-5-2)24-13-16-7-6-10-28-16;/h6-11H,4-5,12-14H2,1-3H3,(H,21,25)(H2,22,23,24);1H. The summed E-state index contributed by atoms with van der Waals surface area (Å²) in [5, 5.41) is 11.3. The van der Waals surface area contributed by atoms with Crippen molar-refractivity contribution < 1.29 is 14.3 Å². The summed E-state index contributed by atoms with van der Waals surface area (Å²) in [6, 6.07) is 9.72. The number of aliphatic imine (C=N–C) groups is 1. The van der Waals surface area contributed by atoms with Gasteiger partial charge in [0.2, 0.25) is 0 Å². The number of nitrogens with one attached hydrogen (secondary N) is 3. The molecule has 0 bridgehead atoms. The highest BCUT2D eigenvalue weighted by molar-refractivity contribution is 14.0. The third-order valence-electron chi connectivity index (χ3n) is 3.73. The Morgan fingerprint density at radius 3 is 2.55 bits per heavy atom. The summed E-state index contributed by atoms with van der Waals surface area (Å²) >= 11 is 1.71. The number of amides is 1. The minimum Gasteiger partial charge on any atom is -0.493 e. The molecule has 1 aromatic carbocycles. The predicted octanol–water partition coefficient (Wildman–Crippen LogP) is 3.14. The van der Waals surface area contributed by atoms with Crippen LogP contribution < -0.4 is 25.4 Å². The van der Waals surface area contributed by atoms with Gasteiger partial charge in [0.1, 0.15) is 0 Å². The molecule has 0 radical (unpaired) electrons. The second-order valence-corrected chi connectivity index (χ2v) is 6.89. The maximum atomic E-state index is 11.6. The van der Waals surface area contributed by atoms with E-state index in [1.807, 2.05) is 32.0 Å². The highest BCUT2D eigenvalue weighted by Crippen LogP contribution is 2.28. The number of halogens is 1. The van der Waals surface area contributed by atoms with Crippen LogP contribution >= 0.6 is 35.3 Å². The van der Waals surface area contributed by atoms with Crippen LogP contribution in [-0.2, 0) is 17.9 Å². The molecule has 2 rings (SSSR count). The summed E-state index contributed by atoms with van der Waals surface area (Å²) in [6.07, 6.45) is 0. The summed E-state index contributed by atoms with van der Waals surface area (Å²) < 4.78 is 10.9. The molecule has 0 aliphatic carbocycles. The lowest BCUT2D eigenvalue weighted by Gasteiger charge is -2.13. The van der Waals surface area contributed by atoms with Crippen molar-refractivity contribution in [2.75, 3.05) is 26.8 Å². The predicted molar refractivity (Wildman–Crippen MR) is 129 cm³/mol. The Morgan fingerprint density at radius 2 is 1.90 bits per heavy atom. The Hall–Kier alpha value is -2.01. The fourth-order valence-electron chi connectivity index (χ4n) is 2.42. The first kappa shape index (κ1) is 25.0. The van der Waals surface area contributed by atoms with E-state index in [0.717, 1.165) is 24.6 Å². The molecule has 160 valence electrons. The van der Waals surface area contributed by atoms with Crippen molar-refractivity contribution in [1.29, 1.82) is 0 Å². The number of carbonyl (C=O) groups is 1. The van der Waals surface area contributed by atoms with E-state index in [4.69, 9.17) is 9.47 Å². The van der Waals surface area contributed by atoms with E-state index in [9.17, 15) is 4.79 Å². The average Bonchev–Trinajstić information content (AvgIpc) is 3.22. The molecule has 0 aliphatic rings. The van der Waals surface area contributed by atoms with Gasteiger partial charge in [0.05, 0.1) is 20.2 Å². The number of guanidine groups is 1. The largest absolute Gasteiger partial charge is 0.493 e. The first-order valence-corrected chi connectivity index (χ1v) is 10.1. The molecule has 3 N–H and O–H groups in total. The lowest BCUT2D eigenvalue weighted by atomic mass is 10.2. The van der Waals surface area contributed by atoms with Gasteiger partial charge >= 0.3 is 0 Å². The van der Waals surface area contributed by atoms with Crippen molar-refractivity contribution in [2.45, 2.75) is 26.9 Å². The van der Waals surface area contributed by atoms with Gasteiger partial charge in [-0.1, -0.05) is 12.1 Å². The molecule has 0 saturated carbocycles. The molecule has 0 fully saturated rings. The number of ether oxygens (including phenoxy) is 2. The van der Waals surface area contributed by atoms with Crippen molar-refractivity contribution in [1.82, 2.24) is 16.0 Å². The van der Waals surface area contributed by atoms with Gasteiger partial charge in [0.25, 0.3) is 5.91 Å². The number of benzene rings is 1. The zero-order valence-electron chi connectivity index (χ0n) is 17.0. The topological polar surface area (TPSA) is 84.0 Å². The van der Waals surface area contributed by atoms with Gasteiger partial charge in [-0.3, -0.25) is 4.79 Å². The van der Waals surface area contributed by atoms with E-state index < -0.39 is 0 Å². The van der Waals surface area contributed by atoms with Crippen LogP contribution in [0.1, 0.15) is 24.3 Å². The van der Waals surface area contributed by atoms with Gasteiger partial charge < -0.3 is 25.4 Å². The van der Waals surface area contributed by atoms with Crippen molar-refractivity contribution in [2.24, 2.45) is 4.99 Å². The molecule has 9 heteroatoms. The van der Waals surface area contributed by atoms with E-state index in [1.165, 1.54) is 4.88 Å². The lowest BCUT2D eigenvalue weighted by molar-refractivity contribution is -0.123. The highest BCUT2D eigenvalue weighted by atomic mass is 127. The van der Waals surface area contributed by atoms with E-state index in [1.54, 1.807) is 24.5 Å². The zero-order chi connectivity index (χ0) is 20.2. The molecule has 1 aromatic heterocycles.